The van der Waals surface area contributed by atoms with Gasteiger partial charge in [0.1, 0.15) is 5.65 Å². The molecule has 2 atom stereocenters. The highest BCUT2D eigenvalue weighted by molar-refractivity contribution is 5.79. The van der Waals surface area contributed by atoms with Crippen LogP contribution in [-0.2, 0) is 11.3 Å². The SMILES string of the molecule is NC1CCC(C(=O)N2CCN(Cc3cn4ccccc4n3)CC2)C1. The number of fused-ring (bicyclic) bond motifs is 1. The summed E-state index contributed by atoms with van der Waals surface area (Å²) in [6.45, 7) is 4.31. The second-order valence-corrected chi connectivity index (χ2v) is 7.07. The van der Waals surface area contributed by atoms with Crippen molar-refractivity contribution >= 4 is 11.6 Å². The number of pyridine rings is 1. The number of hydrogen-bond acceptors (Lipinski definition) is 4. The molecule has 4 rings (SSSR count). The molecule has 0 aromatic carbocycles. The standard InChI is InChI=1S/C18H25N5O/c19-15-5-4-14(11-15)18(24)22-9-7-21(8-10-22)12-16-13-23-6-2-1-3-17(23)20-16/h1-3,6,13-15H,4-5,7-12,19H2. The first kappa shape index (κ1) is 15.6. The van der Waals surface area contributed by atoms with E-state index in [0.29, 0.717) is 5.91 Å². The Hall–Kier alpha value is -1.92. The Balaban J connectivity index is 1.32. The fourth-order valence-electron chi connectivity index (χ4n) is 3.92. The molecule has 2 aromatic heterocycles. The van der Waals surface area contributed by atoms with Crippen molar-refractivity contribution in [3.63, 3.8) is 0 Å². The number of carbonyl (C=O) groups is 1. The quantitative estimate of drug-likeness (QED) is 0.917. The number of nitrogens with two attached hydrogens (primary N) is 1. The molecule has 0 radical (unpaired) electrons. The van der Waals surface area contributed by atoms with Gasteiger partial charge in [-0.15, -0.1) is 0 Å². The summed E-state index contributed by atoms with van der Waals surface area (Å²) in [7, 11) is 0. The monoisotopic (exact) mass is 327 g/mol. The average Bonchev–Trinajstić information content (AvgIpc) is 3.20. The Kier molecular flexibility index (Phi) is 4.24. The molecule has 6 nitrogen and oxygen atoms in total. The summed E-state index contributed by atoms with van der Waals surface area (Å²) in [6, 6.07) is 6.26. The van der Waals surface area contributed by atoms with Gasteiger partial charge in [0, 0.05) is 57.1 Å². The maximum Gasteiger partial charge on any atom is 0.225 e. The molecule has 24 heavy (non-hydrogen) atoms. The van der Waals surface area contributed by atoms with E-state index in [1.54, 1.807) is 0 Å². The fourth-order valence-corrected chi connectivity index (χ4v) is 3.92. The lowest BCUT2D eigenvalue weighted by atomic mass is 10.1. The summed E-state index contributed by atoms with van der Waals surface area (Å²) in [5, 5.41) is 0. The first-order chi connectivity index (χ1) is 11.7. The Labute approximate surface area is 142 Å². The van der Waals surface area contributed by atoms with Gasteiger partial charge in [-0.25, -0.2) is 4.98 Å². The molecule has 2 fully saturated rings. The zero-order valence-electron chi connectivity index (χ0n) is 14.0. The summed E-state index contributed by atoms with van der Waals surface area (Å²) in [6.07, 6.45) is 6.92. The van der Waals surface area contributed by atoms with Crippen LogP contribution in [0.5, 0.6) is 0 Å². The van der Waals surface area contributed by atoms with Crippen LogP contribution in [0, 0.1) is 5.92 Å². The van der Waals surface area contributed by atoms with Crippen LogP contribution in [0.3, 0.4) is 0 Å². The second kappa shape index (κ2) is 6.53. The number of aromatic nitrogens is 2. The van der Waals surface area contributed by atoms with Gasteiger partial charge in [0.15, 0.2) is 0 Å². The van der Waals surface area contributed by atoms with Crippen LogP contribution < -0.4 is 5.73 Å². The molecule has 2 N–H and O–H groups in total. The highest BCUT2D eigenvalue weighted by Crippen LogP contribution is 2.26. The summed E-state index contributed by atoms with van der Waals surface area (Å²) < 4.78 is 2.05. The number of nitrogens with zero attached hydrogens (tertiary/aromatic N) is 4. The molecule has 3 heterocycles. The Morgan fingerprint density at radius 3 is 2.75 bits per heavy atom. The topological polar surface area (TPSA) is 66.9 Å². The molecule has 128 valence electrons. The van der Waals surface area contributed by atoms with Gasteiger partial charge in [0.25, 0.3) is 0 Å². The first-order valence-electron chi connectivity index (χ1n) is 8.88. The highest BCUT2D eigenvalue weighted by Gasteiger charge is 2.32. The predicted octanol–water partition coefficient (Wildman–Crippen LogP) is 1.11. The van der Waals surface area contributed by atoms with Crippen LogP contribution in [0.15, 0.2) is 30.6 Å². The molecule has 1 saturated heterocycles. The normalized spacial score (nSPS) is 25.5. The lowest BCUT2D eigenvalue weighted by Gasteiger charge is -2.35. The van der Waals surface area contributed by atoms with E-state index in [1.807, 2.05) is 29.3 Å². The number of piperazine rings is 1. The summed E-state index contributed by atoms with van der Waals surface area (Å²) in [5.41, 5.74) is 8.02. The fraction of sp³-hybridized carbons (Fsp3) is 0.556. The van der Waals surface area contributed by atoms with Gasteiger partial charge in [-0.2, -0.15) is 0 Å². The van der Waals surface area contributed by atoms with Crippen molar-refractivity contribution in [3.05, 3.63) is 36.3 Å². The summed E-state index contributed by atoms with van der Waals surface area (Å²) in [4.78, 5) is 21.6. The third kappa shape index (κ3) is 3.16. The van der Waals surface area contributed by atoms with Gasteiger partial charge in [0.05, 0.1) is 5.69 Å². The minimum atomic E-state index is 0.157. The van der Waals surface area contributed by atoms with Gasteiger partial charge in [-0.05, 0) is 31.4 Å². The number of imidazole rings is 1. The van der Waals surface area contributed by atoms with Crippen LogP contribution in [0.2, 0.25) is 0 Å². The molecule has 1 aliphatic heterocycles. The molecule has 1 amide bonds. The largest absolute Gasteiger partial charge is 0.340 e. The smallest absolute Gasteiger partial charge is 0.225 e. The van der Waals surface area contributed by atoms with E-state index >= 15 is 0 Å². The maximum atomic E-state index is 12.6. The molecule has 6 heteroatoms. The van der Waals surface area contributed by atoms with Gasteiger partial charge < -0.3 is 15.0 Å². The molecule has 2 aromatic rings. The van der Waals surface area contributed by atoms with Crippen molar-refractivity contribution in [2.24, 2.45) is 11.7 Å². The third-order valence-corrected chi connectivity index (χ3v) is 5.31. The zero-order valence-corrected chi connectivity index (χ0v) is 14.0. The molecule has 1 saturated carbocycles. The van der Waals surface area contributed by atoms with Crippen LogP contribution in [-0.4, -0.2) is 57.3 Å². The number of amides is 1. The van der Waals surface area contributed by atoms with E-state index in [2.05, 4.69) is 20.5 Å². The lowest BCUT2D eigenvalue weighted by molar-refractivity contribution is -0.137. The predicted molar refractivity (Wildman–Crippen MR) is 92.4 cm³/mol. The molecule has 2 aliphatic rings. The van der Waals surface area contributed by atoms with E-state index < -0.39 is 0 Å². The third-order valence-electron chi connectivity index (χ3n) is 5.31. The Morgan fingerprint density at radius 1 is 1.21 bits per heavy atom. The molecule has 0 spiro atoms. The molecular weight excluding hydrogens is 302 g/mol. The minimum Gasteiger partial charge on any atom is -0.340 e. The highest BCUT2D eigenvalue weighted by atomic mass is 16.2. The lowest BCUT2D eigenvalue weighted by Crippen LogP contribution is -2.49. The van der Waals surface area contributed by atoms with Gasteiger partial charge >= 0.3 is 0 Å². The zero-order chi connectivity index (χ0) is 16.5. The van der Waals surface area contributed by atoms with Crippen LogP contribution >= 0.6 is 0 Å². The number of carbonyl (C=O) groups excluding carboxylic acids is 1. The van der Waals surface area contributed by atoms with E-state index in [-0.39, 0.29) is 12.0 Å². The van der Waals surface area contributed by atoms with E-state index in [0.717, 1.165) is 63.3 Å². The van der Waals surface area contributed by atoms with Crippen LogP contribution in [0.1, 0.15) is 25.0 Å². The first-order valence-corrected chi connectivity index (χ1v) is 8.88. The van der Waals surface area contributed by atoms with Crippen molar-refractivity contribution in [2.75, 3.05) is 26.2 Å². The van der Waals surface area contributed by atoms with Crippen molar-refractivity contribution in [1.29, 1.82) is 0 Å². The Morgan fingerprint density at radius 2 is 2.04 bits per heavy atom. The molecule has 0 bridgehead atoms. The average molecular weight is 327 g/mol. The maximum absolute atomic E-state index is 12.6. The summed E-state index contributed by atoms with van der Waals surface area (Å²) >= 11 is 0. The van der Waals surface area contributed by atoms with Gasteiger partial charge in [-0.1, -0.05) is 6.07 Å². The molecular formula is C18H25N5O. The van der Waals surface area contributed by atoms with E-state index in [4.69, 9.17) is 5.73 Å². The van der Waals surface area contributed by atoms with Crippen molar-refractivity contribution in [2.45, 2.75) is 31.8 Å². The van der Waals surface area contributed by atoms with E-state index in [1.165, 1.54) is 0 Å². The Bertz CT molecular complexity index is 686. The van der Waals surface area contributed by atoms with E-state index in [9.17, 15) is 4.79 Å². The van der Waals surface area contributed by atoms with Crippen LogP contribution in [0.4, 0.5) is 0 Å². The van der Waals surface area contributed by atoms with Crippen molar-refractivity contribution in [3.8, 4) is 0 Å². The minimum absolute atomic E-state index is 0.157. The number of hydrogen-bond donors (Lipinski definition) is 1. The number of rotatable bonds is 3. The molecule has 2 unspecified atom stereocenters. The second-order valence-electron chi connectivity index (χ2n) is 7.07. The van der Waals surface area contributed by atoms with Crippen molar-refractivity contribution in [1.82, 2.24) is 19.2 Å². The molecule has 1 aliphatic carbocycles. The van der Waals surface area contributed by atoms with Crippen LogP contribution in [0.25, 0.3) is 5.65 Å². The van der Waals surface area contributed by atoms with Crippen molar-refractivity contribution < 1.29 is 4.79 Å². The van der Waals surface area contributed by atoms with Gasteiger partial charge in [-0.3, -0.25) is 9.69 Å². The van der Waals surface area contributed by atoms with Gasteiger partial charge in [0.2, 0.25) is 5.91 Å². The summed E-state index contributed by atoms with van der Waals surface area (Å²) in [5.74, 6) is 0.473.